The molecule has 0 aliphatic carbocycles. The van der Waals surface area contributed by atoms with E-state index in [1.165, 1.54) is 0 Å². The molecule has 0 saturated carbocycles. The first-order valence-electron chi connectivity index (χ1n) is 8.15. The van der Waals surface area contributed by atoms with Crippen LogP contribution >= 0.6 is 0 Å². The second-order valence-corrected chi connectivity index (χ2v) is 6.22. The number of piperidine rings is 1. The molecule has 1 spiro atoms. The first kappa shape index (κ1) is 15.5. The Bertz CT molecular complexity index is 483. The number of rotatable bonds is 5. The zero-order chi connectivity index (χ0) is 15.4. The number of amides is 1. The lowest BCUT2D eigenvalue weighted by molar-refractivity contribution is -0.160. The summed E-state index contributed by atoms with van der Waals surface area (Å²) in [6, 6.07) is 1.90. The summed E-state index contributed by atoms with van der Waals surface area (Å²) in [6.45, 7) is 3.01. The van der Waals surface area contributed by atoms with Gasteiger partial charge in [-0.05, 0) is 31.7 Å². The Labute approximate surface area is 131 Å². The van der Waals surface area contributed by atoms with Gasteiger partial charge in [0.15, 0.2) is 0 Å². The molecule has 0 unspecified atom stereocenters. The number of carbonyl (C=O) groups excluding carboxylic acids is 1. The van der Waals surface area contributed by atoms with E-state index in [0.29, 0.717) is 13.0 Å². The van der Waals surface area contributed by atoms with Gasteiger partial charge in [-0.3, -0.25) is 9.48 Å². The molecule has 2 aliphatic rings. The van der Waals surface area contributed by atoms with Gasteiger partial charge in [0.1, 0.15) is 5.60 Å². The lowest BCUT2D eigenvalue weighted by atomic mass is 9.86. The summed E-state index contributed by atoms with van der Waals surface area (Å²) in [5.74, 6) is 0.219. The first-order chi connectivity index (χ1) is 10.7. The average Bonchev–Trinajstić information content (AvgIpc) is 3.20. The fourth-order valence-corrected chi connectivity index (χ4v) is 3.67. The minimum Gasteiger partial charge on any atom is -0.378 e. The number of aryl methyl sites for hydroxylation is 1. The fourth-order valence-electron chi connectivity index (χ4n) is 3.67. The van der Waals surface area contributed by atoms with Gasteiger partial charge in [-0.1, -0.05) is 0 Å². The van der Waals surface area contributed by atoms with Gasteiger partial charge in [0.05, 0.1) is 12.6 Å². The third kappa shape index (κ3) is 3.17. The van der Waals surface area contributed by atoms with Crippen molar-refractivity contribution in [2.45, 2.75) is 50.4 Å². The van der Waals surface area contributed by atoms with E-state index in [1.54, 1.807) is 13.3 Å². The second kappa shape index (κ2) is 6.79. The Hall–Kier alpha value is -1.40. The van der Waals surface area contributed by atoms with Crippen molar-refractivity contribution >= 4 is 5.91 Å². The molecule has 3 heterocycles. The Morgan fingerprint density at radius 2 is 2.45 bits per heavy atom. The lowest BCUT2D eigenvalue weighted by Crippen LogP contribution is -2.58. The highest BCUT2D eigenvalue weighted by Crippen LogP contribution is 2.36. The number of aromatic nitrogens is 2. The minimum absolute atomic E-state index is 0.114. The predicted octanol–water partition coefficient (Wildman–Crippen LogP) is 1.46. The SMILES string of the molecule is CO[C@H]1CCN(C(=O)CCCn2cccn2)C[C@@]12CCCO2. The highest BCUT2D eigenvalue weighted by atomic mass is 16.6. The molecule has 22 heavy (non-hydrogen) atoms. The second-order valence-electron chi connectivity index (χ2n) is 6.22. The smallest absolute Gasteiger partial charge is 0.222 e. The monoisotopic (exact) mass is 307 g/mol. The van der Waals surface area contributed by atoms with Crippen molar-refractivity contribution in [3.8, 4) is 0 Å². The lowest BCUT2D eigenvalue weighted by Gasteiger charge is -2.44. The molecule has 2 fully saturated rings. The largest absolute Gasteiger partial charge is 0.378 e. The molecule has 6 heteroatoms. The van der Waals surface area contributed by atoms with Crippen LogP contribution in [0.15, 0.2) is 18.5 Å². The van der Waals surface area contributed by atoms with Crippen LogP contribution < -0.4 is 0 Å². The van der Waals surface area contributed by atoms with Crippen LogP contribution in [0.1, 0.15) is 32.1 Å². The van der Waals surface area contributed by atoms with Gasteiger partial charge >= 0.3 is 0 Å². The van der Waals surface area contributed by atoms with Crippen LogP contribution in [-0.4, -0.2) is 59.1 Å². The normalized spacial score (nSPS) is 28.4. The minimum atomic E-state index is -0.273. The highest BCUT2D eigenvalue weighted by molar-refractivity contribution is 5.76. The van der Waals surface area contributed by atoms with E-state index in [2.05, 4.69) is 5.10 Å². The summed E-state index contributed by atoms with van der Waals surface area (Å²) in [6.07, 6.45) is 8.09. The number of nitrogens with zero attached hydrogens (tertiary/aromatic N) is 3. The molecule has 3 rings (SSSR count). The molecule has 2 aliphatic heterocycles. The maximum absolute atomic E-state index is 12.5. The summed E-state index contributed by atoms with van der Waals surface area (Å²) < 4.78 is 13.5. The third-order valence-corrected chi connectivity index (χ3v) is 4.81. The summed E-state index contributed by atoms with van der Waals surface area (Å²) >= 11 is 0. The van der Waals surface area contributed by atoms with Crippen molar-refractivity contribution in [1.29, 1.82) is 0 Å². The number of ether oxygens (including phenoxy) is 2. The Balaban J connectivity index is 1.52. The summed E-state index contributed by atoms with van der Waals surface area (Å²) in [5.41, 5.74) is -0.273. The molecule has 1 amide bonds. The van der Waals surface area contributed by atoms with E-state index in [4.69, 9.17) is 9.47 Å². The van der Waals surface area contributed by atoms with Crippen molar-refractivity contribution in [2.75, 3.05) is 26.8 Å². The maximum atomic E-state index is 12.5. The summed E-state index contributed by atoms with van der Waals surface area (Å²) in [4.78, 5) is 14.4. The average molecular weight is 307 g/mol. The van der Waals surface area contributed by atoms with Gasteiger partial charge in [0, 0.05) is 45.6 Å². The number of carbonyl (C=O) groups is 1. The number of methoxy groups -OCH3 is 1. The van der Waals surface area contributed by atoms with Gasteiger partial charge in [0.25, 0.3) is 0 Å². The summed E-state index contributed by atoms with van der Waals surface area (Å²) in [5, 5.41) is 4.16. The van der Waals surface area contributed by atoms with Gasteiger partial charge in [-0.25, -0.2) is 0 Å². The van der Waals surface area contributed by atoms with Crippen molar-refractivity contribution in [3.05, 3.63) is 18.5 Å². The van der Waals surface area contributed by atoms with Crippen molar-refractivity contribution in [2.24, 2.45) is 0 Å². The third-order valence-electron chi connectivity index (χ3n) is 4.81. The van der Waals surface area contributed by atoms with Crippen LogP contribution in [0, 0.1) is 0 Å². The zero-order valence-corrected chi connectivity index (χ0v) is 13.2. The molecule has 1 aromatic rings. The highest BCUT2D eigenvalue weighted by Gasteiger charge is 2.47. The molecule has 0 N–H and O–H groups in total. The topological polar surface area (TPSA) is 56.6 Å². The molecule has 0 aromatic carbocycles. The number of likely N-dealkylation sites (tertiary alicyclic amines) is 1. The molecule has 2 atom stereocenters. The molecule has 1 aromatic heterocycles. The number of hydrogen-bond donors (Lipinski definition) is 0. The number of hydrogen-bond acceptors (Lipinski definition) is 4. The quantitative estimate of drug-likeness (QED) is 0.826. The van der Waals surface area contributed by atoms with Gasteiger partial charge < -0.3 is 14.4 Å². The standard InChI is InChI=1S/C16H25N3O3/c1-21-14-6-11-18(13-16(14)7-3-12-22-16)15(20)5-2-9-19-10-4-8-17-19/h4,8,10,14H,2-3,5-7,9,11-13H2,1H3/t14-,16-/m0/s1. The molecule has 0 bridgehead atoms. The van der Waals surface area contributed by atoms with E-state index in [-0.39, 0.29) is 17.6 Å². The Morgan fingerprint density at radius 3 is 3.14 bits per heavy atom. The molecule has 122 valence electrons. The van der Waals surface area contributed by atoms with E-state index < -0.39 is 0 Å². The van der Waals surface area contributed by atoms with E-state index in [1.807, 2.05) is 21.8 Å². The molecule has 2 saturated heterocycles. The molecule has 6 nitrogen and oxygen atoms in total. The van der Waals surface area contributed by atoms with Crippen molar-refractivity contribution < 1.29 is 14.3 Å². The van der Waals surface area contributed by atoms with E-state index >= 15 is 0 Å². The van der Waals surface area contributed by atoms with Gasteiger partial charge in [-0.15, -0.1) is 0 Å². The summed E-state index contributed by atoms with van der Waals surface area (Å²) in [7, 11) is 1.75. The van der Waals surface area contributed by atoms with Crippen LogP contribution in [0.2, 0.25) is 0 Å². The molecular formula is C16H25N3O3. The van der Waals surface area contributed by atoms with Crippen molar-refractivity contribution in [3.63, 3.8) is 0 Å². The van der Waals surface area contributed by atoms with Gasteiger partial charge in [-0.2, -0.15) is 5.10 Å². The Morgan fingerprint density at radius 1 is 1.55 bits per heavy atom. The van der Waals surface area contributed by atoms with Crippen molar-refractivity contribution in [1.82, 2.24) is 14.7 Å². The van der Waals surface area contributed by atoms with Gasteiger partial charge in [0.2, 0.25) is 5.91 Å². The zero-order valence-electron chi connectivity index (χ0n) is 13.2. The Kier molecular flexibility index (Phi) is 4.78. The van der Waals surface area contributed by atoms with Crippen LogP contribution in [-0.2, 0) is 20.8 Å². The van der Waals surface area contributed by atoms with Crippen LogP contribution in [0.25, 0.3) is 0 Å². The maximum Gasteiger partial charge on any atom is 0.222 e. The van der Waals surface area contributed by atoms with E-state index in [0.717, 1.165) is 45.4 Å². The first-order valence-corrected chi connectivity index (χ1v) is 8.15. The van der Waals surface area contributed by atoms with Crippen LogP contribution in [0.4, 0.5) is 0 Å². The van der Waals surface area contributed by atoms with Crippen LogP contribution in [0.3, 0.4) is 0 Å². The molecule has 0 radical (unpaired) electrons. The predicted molar refractivity (Wildman–Crippen MR) is 81.4 cm³/mol. The van der Waals surface area contributed by atoms with Crippen LogP contribution in [0.5, 0.6) is 0 Å². The molecular weight excluding hydrogens is 282 g/mol. The fraction of sp³-hybridized carbons (Fsp3) is 0.750. The van der Waals surface area contributed by atoms with E-state index in [9.17, 15) is 4.79 Å².